The summed E-state index contributed by atoms with van der Waals surface area (Å²) >= 11 is 0. The van der Waals surface area contributed by atoms with E-state index in [4.69, 9.17) is 5.26 Å². The molecule has 0 radical (unpaired) electrons. The van der Waals surface area contributed by atoms with E-state index in [1.807, 2.05) is 11.1 Å². The lowest BCUT2D eigenvalue weighted by molar-refractivity contribution is 0.0711. The van der Waals surface area contributed by atoms with Crippen LogP contribution in [0.4, 0.5) is 0 Å². The maximum absolute atomic E-state index is 12.5. The summed E-state index contributed by atoms with van der Waals surface area (Å²) < 4.78 is 0. The van der Waals surface area contributed by atoms with E-state index < -0.39 is 0 Å². The molecule has 1 saturated heterocycles. The van der Waals surface area contributed by atoms with Crippen molar-refractivity contribution in [1.29, 1.82) is 5.26 Å². The number of rotatable bonds is 2. The molecule has 1 fully saturated rings. The van der Waals surface area contributed by atoms with Gasteiger partial charge in [-0.2, -0.15) is 5.26 Å². The lowest BCUT2D eigenvalue weighted by atomic mass is 9.95. The van der Waals surface area contributed by atoms with Gasteiger partial charge in [-0.25, -0.2) is 4.98 Å². The zero-order valence-corrected chi connectivity index (χ0v) is 11.6. The van der Waals surface area contributed by atoms with Crippen molar-refractivity contribution in [3.8, 4) is 6.07 Å². The second-order valence-electron chi connectivity index (χ2n) is 5.20. The van der Waals surface area contributed by atoms with Crippen LogP contribution in [0.3, 0.4) is 0 Å². The molecule has 2 heterocycles. The molecule has 1 amide bonds. The number of carbonyl (C=O) groups is 1. The molecule has 1 aliphatic rings. The van der Waals surface area contributed by atoms with Crippen LogP contribution >= 0.6 is 0 Å². The fourth-order valence-corrected chi connectivity index (χ4v) is 2.79. The summed E-state index contributed by atoms with van der Waals surface area (Å²) in [7, 11) is 0. The Labute approximate surface area is 123 Å². The fourth-order valence-electron chi connectivity index (χ4n) is 2.79. The van der Waals surface area contributed by atoms with Crippen LogP contribution in [-0.2, 0) is 0 Å². The first-order chi connectivity index (χ1) is 10.3. The SMILES string of the molecule is N#Cc1ccccc1C(=O)N1CCC(c2ncc[nH]2)CC1. The number of amides is 1. The normalized spacial score (nSPS) is 15.7. The van der Waals surface area contributed by atoms with Gasteiger partial charge in [0.05, 0.1) is 17.2 Å². The van der Waals surface area contributed by atoms with Gasteiger partial charge in [-0.15, -0.1) is 0 Å². The number of hydrogen-bond donors (Lipinski definition) is 1. The zero-order valence-electron chi connectivity index (χ0n) is 11.6. The molecule has 5 nitrogen and oxygen atoms in total. The minimum absolute atomic E-state index is 0.0509. The van der Waals surface area contributed by atoms with Crippen LogP contribution in [0.25, 0.3) is 0 Å². The van der Waals surface area contributed by atoms with Gasteiger partial charge in [0, 0.05) is 31.4 Å². The molecule has 1 aromatic carbocycles. The number of nitriles is 1. The van der Waals surface area contributed by atoms with Crippen LogP contribution in [-0.4, -0.2) is 33.9 Å². The van der Waals surface area contributed by atoms with Gasteiger partial charge in [0.25, 0.3) is 5.91 Å². The molecule has 0 bridgehead atoms. The third-order valence-electron chi connectivity index (χ3n) is 3.97. The summed E-state index contributed by atoms with van der Waals surface area (Å²) in [5, 5.41) is 9.10. The van der Waals surface area contributed by atoms with Crippen molar-refractivity contribution in [2.75, 3.05) is 13.1 Å². The maximum Gasteiger partial charge on any atom is 0.255 e. The largest absolute Gasteiger partial charge is 0.348 e. The summed E-state index contributed by atoms with van der Waals surface area (Å²) in [6.45, 7) is 1.40. The molecule has 1 aromatic heterocycles. The first-order valence-corrected chi connectivity index (χ1v) is 7.07. The standard InChI is InChI=1S/C16H16N4O/c17-11-13-3-1-2-4-14(13)16(21)20-9-5-12(6-10-20)15-18-7-8-19-15/h1-4,7-8,12H,5-6,9-10H2,(H,18,19). The highest BCUT2D eigenvalue weighted by molar-refractivity contribution is 5.96. The lowest BCUT2D eigenvalue weighted by Crippen LogP contribution is -2.38. The predicted molar refractivity (Wildman–Crippen MR) is 77.6 cm³/mol. The van der Waals surface area contributed by atoms with Gasteiger partial charge in [-0.05, 0) is 25.0 Å². The number of nitrogens with one attached hydrogen (secondary N) is 1. The van der Waals surface area contributed by atoms with Gasteiger partial charge in [0.15, 0.2) is 0 Å². The second kappa shape index (κ2) is 5.80. The van der Waals surface area contributed by atoms with E-state index in [1.165, 1.54) is 0 Å². The number of nitrogens with zero attached hydrogens (tertiary/aromatic N) is 3. The van der Waals surface area contributed by atoms with Crippen molar-refractivity contribution < 1.29 is 4.79 Å². The van der Waals surface area contributed by atoms with Gasteiger partial charge < -0.3 is 9.88 Å². The Morgan fingerprint density at radius 3 is 2.76 bits per heavy atom. The predicted octanol–water partition coefficient (Wildman–Crippen LogP) is 2.30. The van der Waals surface area contributed by atoms with Crippen LogP contribution in [0.5, 0.6) is 0 Å². The first-order valence-electron chi connectivity index (χ1n) is 7.07. The molecule has 21 heavy (non-hydrogen) atoms. The number of H-pyrrole nitrogens is 1. The number of benzene rings is 1. The third-order valence-corrected chi connectivity index (χ3v) is 3.97. The van der Waals surface area contributed by atoms with E-state index in [-0.39, 0.29) is 5.91 Å². The summed E-state index contributed by atoms with van der Waals surface area (Å²) in [5.41, 5.74) is 0.937. The lowest BCUT2D eigenvalue weighted by Gasteiger charge is -2.31. The summed E-state index contributed by atoms with van der Waals surface area (Å²) in [6, 6.07) is 9.06. The van der Waals surface area contributed by atoms with Gasteiger partial charge in [-0.1, -0.05) is 12.1 Å². The zero-order chi connectivity index (χ0) is 14.7. The summed E-state index contributed by atoms with van der Waals surface area (Å²) in [5.74, 6) is 1.33. The Balaban J connectivity index is 1.69. The Kier molecular flexibility index (Phi) is 3.69. The first kappa shape index (κ1) is 13.4. The monoisotopic (exact) mass is 280 g/mol. The second-order valence-corrected chi connectivity index (χ2v) is 5.20. The average molecular weight is 280 g/mol. The van der Waals surface area contributed by atoms with E-state index in [0.29, 0.717) is 30.1 Å². The molecule has 3 rings (SSSR count). The average Bonchev–Trinajstić information content (AvgIpc) is 3.09. The number of carbonyl (C=O) groups excluding carboxylic acids is 1. The minimum atomic E-state index is -0.0509. The highest BCUT2D eigenvalue weighted by Crippen LogP contribution is 2.26. The van der Waals surface area contributed by atoms with E-state index in [9.17, 15) is 4.79 Å². The number of aromatic amines is 1. The Morgan fingerprint density at radius 2 is 2.10 bits per heavy atom. The van der Waals surface area contributed by atoms with Gasteiger partial charge >= 0.3 is 0 Å². The molecule has 0 aliphatic carbocycles. The fraction of sp³-hybridized carbons (Fsp3) is 0.312. The van der Waals surface area contributed by atoms with Crippen molar-refractivity contribution in [3.63, 3.8) is 0 Å². The molecule has 5 heteroatoms. The molecule has 1 aliphatic heterocycles. The van der Waals surface area contributed by atoms with Crippen molar-refractivity contribution in [1.82, 2.24) is 14.9 Å². The smallest absolute Gasteiger partial charge is 0.255 e. The molecular weight excluding hydrogens is 264 g/mol. The van der Waals surface area contributed by atoms with Crippen LogP contribution < -0.4 is 0 Å². The molecule has 2 aromatic rings. The van der Waals surface area contributed by atoms with Gasteiger partial charge in [0.1, 0.15) is 5.82 Å². The van der Waals surface area contributed by atoms with Crippen molar-refractivity contribution in [2.24, 2.45) is 0 Å². The molecule has 1 N–H and O–H groups in total. The topological polar surface area (TPSA) is 72.8 Å². The summed E-state index contributed by atoms with van der Waals surface area (Å²) in [6.07, 6.45) is 5.38. The van der Waals surface area contributed by atoms with Crippen LogP contribution in [0, 0.1) is 11.3 Å². The summed E-state index contributed by atoms with van der Waals surface area (Å²) in [4.78, 5) is 21.8. The Hall–Kier alpha value is -2.61. The number of hydrogen-bond acceptors (Lipinski definition) is 3. The number of aromatic nitrogens is 2. The number of imidazole rings is 1. The Morgan fingerprint density at radius 1 is 1.33 bits per heavy atom. The van der Waals surface area contributed by atoms with Crippen molar-refractivity contribution in [2.45, 2.75) is 18.8 Å². The van der Waals surface area contributed by atoms with Crippen LogP contribution in [0.15, 0.2) is 36.7 Å². The van der Waals surface area contributed by atoms with E-state index in [2.05, 4.69) is 16.0 Å². The highest BCUT2D eigenvalue weighted by Gasteiger charge is 2.26. The minimum Gasteiger partial charge on any atom is -0.348 e. The van der Waals surface area contributed by atoms with Crippen LogP contribution in [0.1, 0.15) is 40.5 Å². The quantitative estimate of drug-likeness (QED) is 0.917. The van der Waals surface area contributed by atoms with E-state index in [0.717, 1.165) is 18.7 Å². The molecule has 0 atom stereocenters. The number of piperidine rings is 1. The number of likely N-dealkylation sites (tertiary alicyclic amines) is 1. The molecule has 106 valence electrons. The van der Waals surface area contributed by atoms with Crippen LogP contribution in [0.2, 0.25) is 0 Å². The van der Waals surface area contributed by atoms with Crippen molar-refractivity contribution >= 4 is 5.91 Å². The van der Waals surface area contributed by atoms with Crippen molar-refractivity contribution in [3.05, 3.63) is 53.6 Å². The third kappa shape index (κ3) is 2.65. The van der Waals surface area contributed by atoms with E-state index >= 15 is 0 Å². The van der Waals surface area contributed by atoms with Gasteiger partial charge in [0.2, 0.25) is 0 Å². The maximum atomic E-state index is 12.5. The van der Waals surface area contributed by atoms with E-state index in [1.54, 1.807) is 30.5 Å². The molecular formula is C16H16N4O. The Bertz CT molecular complexity index is 664. The molecule has 0 saturated carbocycles. The molecule has 0 spiro atoms. The highest BCUT2D eigenvalue weighted by atomic mass is 16.2. The van der Waals surface area contributed by atoms with Gasteiger partial charge in [-0.3, -0.25) is 4.79 Å². The molecule has 0 unspecified atom stereocenters.